The number of hydrogen-bond donors (Lipinski definition) is 2. The molecule has 4 N–H and O–H groups in total. The number of benzene rings is 2. The van der Waals surface area contributed by atoms with Crippen molar-refractivity contribution in [1.82, 2.24) is 0 Å². The number of nitrogens with zero attached hydrogens (tertiary/aromatic N) is 1. The third kappa shape index (κ3) is 4.50. The zero-order chi connectivity index (χ0) is 14.2. The second-order valence-corrected chi connectivity index (χ2v) is 5.05. The highest BCUT2D eigenvalue weighted by Crippen LogP contribution is 2.18. The molecule has 0 saturated carbocycles. The Morgan fingerprint density at radius 2 is 1.15 bits per heavy atom. The molecule has 1 heterocycles. The first-order valence-electron chi connectivity index (χ1n) is 7.17. The highest BCUT2D eigenvalue weighted by atomic mass is 15.1. The van der Waals surface area contributed by atoms with Crippen molar-refractivity contribution < 1.29 is 0 Å². The van der Waals surface area contributed by atoms with Crippen molar-refractivity contribution in [3.05, 3.63) is 54.6 Å². The van der Waals surface area contributed by atoms with Crippen molar-refractivity contribution in [3.8, 4) is 0 Å². The van der Waals surface area contributed by atoms with Crippen LogP contribution in [0.4, 0.5) is 17.1 Å². The standard InChI is InChI=1S/C11H15N.C6H8N2/c1-3-7-11(8-4-1)12-9-5-2-6-10-12;7-5-1-2-6(8)4-3-5/h1,3-4,7-8H,2,5-6,9-10H2;1-4H,7-8H2. The minimum Gasteiger partial charge on any atom is -0.399 e. The van der Waals surface area contributed by atoms with Crippen molar-refractivity contribution in [2.45, 2.75) is 19.3 Å². The van der Waals surface area contributed by atoms with Crippen LogP contribution in [0, 0.1) is 0 Å². The molecule has 3 rings (SSSR count). The van der Waals surface area contributed by atoms with Crippen LogP contribution in [0.3, 0.4) is 0 Å². The van der Waals surface area contributed by atoms with Crippen molar-refractivity contribution >= 4 is 17.1 Å². The summed E-state index contributed by atoms with van der Waals surface area (Å²) in [5, 5.41) is 0. The predicted octanol–water partition coefficient (Wildman–Crippen LogP) is 3.53. The van der Waals surface area contributed by atoms with Crippen LogP contribution in [0.25, 0.3) is 0 Å². The molecule has 3 heteroatoms. The Labute approximate surface area is 121 Å². The van der Waals surface area contributed by atoms with E-state index in [-0.39, 0.29) is 0 Å². The molecule has 2 aromatic carbocycles. The van der Waals surface area contributed by atoms with E-state index >= 15 is 0 Å². The van der Waals surface area contributed by atoms with Gasteiger partial charge in [0.15, 0.2) is 0 Å². The Morgan fingerprint density at radius 3 is 1.65 bits per heavy atom. The minimum atomic E-state index is 0.749. The van der Waals surface area contributed by atoms with E-state index in [1.54, 1.807) is 24.3 Å². The highest BCUT2D eigenvalue weighted by Gasteiger charge is 2.09. The van der Waals surface area contributed by atoms with Crippen LogP contribution in [0.15, 0.2) is 54.6 Å². The van der Waals surface area contributed by atoms with E-state index in [4.69, 9.17) is 11.5 Å². The Morgan fingerprint density at radius 1 is 0.650 bits per heavy atom. The van der Waals surface area contributed by atoms with Gasteiger partial charge in [0, 0.05) is 30.2 Å². The van der Waals surface area contributed by atoms with Crippen molar-refractivity contribution in [1.29, 1.82) is 0 Å². The first-order valence-corrected chi connectivity index (χ1v) is 7.17. The number of hydrogen-bond acceptors (Lipinski definition) is 3. The predicted molar refractivity (Wildman–Crippen MR) is 87.8 cm³/mol. The molecule has 1 fully saturated rings. The van der Waals surface area contributed by atoms with Gasteiger partial charge in [0.1, 0.15) is 0 Å². The fourth-order valence-electron chi connectivity index (χ4n) is 2.29. The van der Waals surface area contributed by atoms with Gasteiger partial charge >= 0.3 is 0 Å². The second kappa shape index (κ2) is 7.43. The molecule has 0 radical (unpaired) electrons. The van der Waals surface area contributed by atoms with E-state index in [9.17, 15) is 0 Å². The van der Waals surface area contributed by atoms with Gasteiger partial charge in [0.2, 0.25) is 0 Å². The van der Waals surface area contributed by atoms with Gasteiger partial charge in [-0.1, -0.05) is 18.2 Å². The van der Waals surface area contributed by atoms with Crippen LogP contribution in [-0.2, 0) is 0 Å². The molecule has 0 aliphatic carbocycles. The molecule has 1 saturated heterocycles. The average molecular weight is 269 g/mol. The number of anilines is 3. The smallest absolute Gasteiger partial charge is 0.0366 e. The van der Waals surface area contributed by atoms with Gasteiger partial charge in [-0.15, -0.1) is 0 Å². The summed E-state index contributed by atoms with van der Waals surface area (Å²) in [6.07, 6.45) is 4.12. The molecule has 0 atom stereocenters. The summed E-state index contributed by atoms with van der Waals surface area (Å²) in [5.74, 6) is 0. The molecule has 0 bridgehead atoms. The number of nitrogens with two attached hydrogens (primary N) is 2. The summed E-state index contributed by atoms with van der Waals surface area (Å²) in [6.45, 7) is 2.48. The fourth-order valence-corrected chi connectivity index (χ4v) is 2.29. The summed E-state index contributed by atoms with van der Waals surface area (Å²) in [4.78, 5) is 2.48. The number of nitrogen functional groups attached to an aromatic ring is 2. The molecule has 2 aromatic rings. The molecular formula is C17H23N3. The van der Waals surface area contributed by atoms with Crippen LogP contribution in [0.5, 0.6) is 0 Å². The minimum absolute atomic E-state index is 0.749. The summed E-state index contributed by atoms with van der Waals surface area (Å²) < 4.78 is 0. The van der Waals surface area contributed by atoms with Crippen LogP contribution < -0.4 is 16.4 Å². The van der Waals surface area contributed by atoms with Gasteiger partial charge in [-0.05, 0) is 55.7 Å². The third-order valence-corrected chi connectivity index (χ3v) is 3.41. The SMILES string of the molecule is Nc1ccc(N)cc1.c1ccc(N2CCCCC2)cc1. The summed E-state index contributed by atoms with van der Waals surface area (Å²) >= 11 is 0. The topological polar surface area (TPSA) is 55.3 Å². The fraction of sp³-hybridized carbons (Fsp3) is 0.294. The van der Waals surface area contributed by atoms with Gasteiger partial charge in [0.05, 0.1) is 0 Å². The Kier molecular flexibility index (Phi) is 5.30. The quantitative estimate of drug-likeness (QED) is 0.779. The van der Waals surface area contributed by atoms with Gasteiger partial charge < -0.3 is 16.4 Å². The monoisotopic (exact) mass is 269 g/mol. The normalized spacial score (nSPS) is 14.3. The first kappa shape index (κ1) is 14.3. The molecule has 1 aliphatic heterocycles. The molecule has 0 unspecified atom stereocenters. The van der Waals surface area contributed by atoms with E-state index in [0.717, 1.165) is 11.4 Å². The lowest BCUT2D eigenvalue weighted by Crippen LogP contribution is -2.29. The lowest BCUT2D eigenvalue weighted by atomic mass is 10.1. The molecular weight excluding hydrogens is 246 g/mol. The number of piperidine rings is 1. The molecule has 106 valence electrons. The summed E-state index contributed by atoms with van der Waals surface area (Å²) in [7, 11) is 0. The van der Waals surface area contributed by atoms with E-state index in [0.29, 0.717) is 0 Å². The maximum atomic E-state index is 5.37. The van der Waals surface area contributed by atoms with Crippen molar-refractivity contribution in [2.75, 3.05) is 29.5 Å². The zero-order valence-electron chi connectivity index (χ0n) is 11.8. The van der Waals surface area contributed by atoms with Crippen molar-refractivity contribution in [3.63, 3.8) is 0 Å². The second-order valence-electron chi connectivity index (χ2n) is 5.05. The van der Waals surface area contributed by atoms with Crippen LogP contribution in [0.2, 0.25) is 0 Å². The zero-order valence-corrected chi connectivity index (χ0v) is 11.8. The van der Waals surface area contributed by atoms with Gasteiger partial charge in [-0.25, -0.2) is 0 Å². The van der Waals surface area contributed by atoms with E-state index in [1.165, 1.54) is 38.0 Å². The largest absolute Gasteiger partial charge is 0.399 e. The van der Waals surface area contributed by atoms with Gasteiger partial charge in [-0.3, -0.25) is 0 Å². The lowest BCUT2D eigenvalue weighted by Gasteiger charge is -2.28. The molecule has 20 heavy (non-hydrogen) atoms. The molecule has 1 aliphatic rings. The van der Waals surface area contributed by atoms with Crippen LogP contribution in [0.1, 0.15) is 19.3 Å². The lowest BCUT2D eigenvalue weighted by molar-refractivity contribution is 0.578. The summed E-state index contributed by atoms with van der Waals surface area (Å²) in [6, 6.07) is 17.8. The van der Waals surface area contributed by atoms with E-state index in [2.05, 4.69) is 35.2 Å². The maximum Gasteiger partial charge on any atom is 0.0366 e. The highest BCUT2D eigenvalue weighted by molar-refractivity contribution is 5.48. The Balaban J connectivity index is 0.000000160. The Bertz CT molecular complexity index is 466. The molecule has 0 spiro atoms. The maximum absolute atomic E-state index is 5.37. The van der Waals surface area contributed by atoms with E-state index < -0.39 is 0 Å². The number of para-hydroxylation sites is 1. The molecule has 3 nitrogen and oxygen atoms in total. The average Bonchev–Trinajstić information content (AvgIpc) is 2.53. The molecule has 0 aromatic heterocycles. The van der Waals surface area contributed by atoms with Crippen LogP contribution in [-0.4, -0.2) is 13.1 Å². The first-order chi connectivity index (χ1) is 9.75. The van der Waals surface area contributed by atoms with E-state index in [1.807, 2.05) is 0 Å². The van der Waals surface area contributed by atoms with Gasteiger partial charge in [-0.2, -0.15) is 0 Å². The third-order valence-electron chi connectivity index (χ3n) is 3.41. The van der Waals surface area contributed by atoms with Crippen molar-refractivity contribution in [2.24, 2.45) is 0 Å². The van der Waals surface area contributed by atoms with Gasteiger partial charge in [0.25, 0.3) is 0 Å². The summed E-state index contributed by atoms with van der Waals surface area (Å²) in [5.41, 5.74) is 13.6. The number of rotatable bonds is 1. The Hall–Kier alpha value is -2.16. The molecule has 0 amide bonds. The van der Waals surface area contributed by atoms with Crippen LogP contribution >= 0.6 is 0 Å².